The van der Waals surface area contributed by atoms with E-state index in [9.17, 15) is 9.59 Å². The molecular formula is C13H13N3O3. The third-order valence-electron chi connectivity index (χ3n) is 2.57. The Kier molecular flexibility index (Phi) is 3.61. The minimum Gasteiger partial charge on any atom is -0.480 e. The predicted octanol–water partition coefficient (Wildman–Crippen LogP) is 1.83. The summed E-state index contributed by atoms with van der Waals surface area (Å²) >= 11 is 0. The maximum atomic E-state index is 11.6. The lowest BCUT2D eigenvalue weighted by Crippen LogP contribution is -2.40. The molecule has 19 heavy (non-hydrogen) atoms. The SMILES string of the molecule is C[C@@H](NC(=O)Nc1cnc2ccccc2c1)C(=O)O. The number of amides is 2. The molecule has 0 bridgehead atoms. The molecule has 0 aliphatic carbocycles. The number of hydrogen-bond donors (Lipinski definition) is 3. The number of nitrogens with one attached hydrogen (secondary N) is 2. The maximum absolute atomic E-state index is 11.6. The Morgan fingerprint density at radius 3 is 2.79 bits per heavy atom. The van der Waals surface area contributed by atoms with Crippen molar-refractivity contribution in [3.8, 4) is 0 Å². The van der Waals surface area contributed by atoms with Gasteiger partial charge in [0.25, 0.3) is 0 Å². The first-order valence-electron chi connectivity index (χ1n) is 5.71. The summed E-state index contributed by atoms with van der Waals surface area (Å²) in [5.41, 5.74) is 1.33. The van der Waals surface area contributed by atoms with Crippen molar-refractivity contribution in [1.29, 1.82) is 0 Å². The molecule has 2 amide bonds. The lowest BCUT2D eigenvalue weighted by atomic mass is 10.2. The Balaban J connectivity index is 2.09. The van der Waals surface area contributed by atoms with Crippen LogP contribution in [-0.4, -0.2) is 28.1 Å². The van der Waals surface area contributed by atoms with Crippen LogP contribution in [-0.2, 0) is 4.79 Å². The van der Waals surface area contributed by atoms with E-state index >= 15 is 0 Å². The van der Waals surface area contributed by atoms with Crippen LogP contribution < -0.4 is 10.6 Å². The monoisotopic (exact) mass is 259 g/mol. The van der Waals surface area contributed by atoms with E-state index in [-0.39, 0.29) is 0 Å². The number of anilines is 1. The Bertz CT molecular complexity index is 627. The van der Waals surface area contributed by atoms with E-state index in [1.807, 2.05) is 24.3 Å². The first kappa shape index (κ1) is 12.8. The van der Waals surface area contributed by atoms with E-state index in [0.29, 0.717) is 5.69 Å². The van der Waals surface area contributed by atoms with E-state index < -0.39 is 18.0 Å². The van der Waals surface area contributed by atoms with Crippen molar-refractivity contribution in [2.45, 2.75) is 13.0 Å². The lowest BCUT2D eigenvalue weighted by Gasteiger charge is -2.10. The number of carbonyl (C=O) groups is 2. The summed E-state index contributed by atoms with van der Waals surface area (Å²) in [6.07, 6.45) is 1.52. The van der Waals surface area contributed by atoms with Crippen LogP contribution >= 0.6 is 0 Å². The second-order valence-corrected chi connectivity index (χ2v) is 4.08. The number of rotatable bonds is 3. The standard InChI is InChI=1S/C13H13N3O3/c1-8(12(17)18)15-13(19)16-10-6-9-4-2-3-5-11(9)14-7-10/h2-8H,1H3,(H,17,18)(H2,15,16,19)/t8-/m1/s1. The zero-order valence-corrected chi connectivity index (χ0v) is 10.3. The Labute approximate surface area is 109 Å². The first-order chi connectivity index (χ1) is 9.06. The van der Waals surface area contributed by atoms with Crippen molar-refractivity contribution in [1.82, 2.24) is 10.3 Å². The summed E-state index contributed by atoms with van der Waals surface area (Å²) in [6, 6.07) is 7.74. The van der Waals surface area contributed by atoms with Crippen LogP contribution in [0.2, 0.25) is 0 Å². The van der Waals surface area contributed by atoms with Gasteiger partial charge >= 0.3 is 12.0 Å². The fourth-order valence-corrected chi connectivity index (χ4v) is 1.56. The van der Waals surface area contributed by atoms with Crippen LogP contribution in [0.1, 0.15) is 6.92 Å². The number of para-hydroxylation sites is 1. The van der Waals surface area contributed by atoms with E-state index in [0.717, 1.165) is 10.9 Å². The fraction of sp³-hybridized carbons (Fsp3) is 0.154. The van der Waals surface area contributed by atoms with E-state index in [1.54, 1.807) is 6.07 Å². The number of benzene rings is 1. The molecule has 2 aromatic rings. The number of aromatic nitrogens is 1. The number of carboxylic acids is 1. The van der Waals surface area contributed by atoms with Crippen molar-refractivity contribution in [2.24, 2.45) is 0 Å². The number of fused-ring (bicyclic) bond motifs is 1. The minimum atomic E-state index is -1.09. The van der Waals surface area contributed by atoms with E-state index in [2.05, 4.69) is 15.6 Å². The zero-order chi connectivity index (χ0) is 13.8. The highest BCUT2D eigenvalue weighted by molar-refractivity contribution is 5.93. The molecule has 0 aliphatic rings. The van der Waals surface area contributed by atoms with Crippen LogP contribution in [0.3, 0.4) is 0 Å². The van der Waals surface area contributed by atoms with Gasteiger partial charge in [0.05, 0.1) is 17.4 Å². The van der Waals surface area contributed by atoms with Crippen LogP contribution in [0.15, 0.2) is 36.5 Å². The average molecular weight is 259 g/mol. The molecule has 6 heteroatoms. The number of carbonyl (C=O) groups excluding carboxylic acids is 1. The van der Waals surface area contributed by atoms with Gasteiger partial charge in [0, 0.05) is 5.39 Å². The highest BCUT2D eigenvalue weighted by Crippen LogP contribution is 2.15. The molecule has 2 rings (SSSR count). The summed E-state index contributed by atoms with van der Waals surface area (Å²) in [7, 11) is 0. The highest BCUT2D eigenvalue weighted by atomic mass is 16.4. The molecule has 1 aromatic carbocycles. The van der Waals surface area contributed by atoms with Crippen molar-refractivity contribution in [3.05, 3.63) is 36.5 Å². The molecule has 3 N–H and O–H groups in total. The number of hydrogen-bond acceptors (Lipinski definition) is 3. The van der Waals surface area contributed by atoms with Gasteiger partial charge in [0.2, 0.25) is 0 Å². The van der Waals surface area contributed by atoms with Gasteiger partial charge in [-0.25, -0.2) is 4.79 Å². The number of nitrogens with zero attached hydrogens (tertiary/aromatic N) is 1. The van der Waals surface area contributed by atoms with Gasteiger partial charge in [-0.1, -0.05) is 18.2 Å². The van der Waals surface area contributed by atoms with Crippen LogP contribution in [0.4, 0.5) is 10.5 Å². The molecular weight excluding hydrogens is 246 g/mol. The van der Waals surface area contributed by atoms with Crippen LogP contribution in [0.5, 0.6) is 0 Å². The molecule has 0 spiro atoms. The topological polar surface area (TPSA) is 91.3 Å². The molecule has 0 saturated heterocycles. The smallest absolute Gasteiger partial charge is 0.325 e. The van der Waals surface area contributed by atoms with Gasteiger partial charge in [0.1, 0.15) is 6.04 Å². The molecule has 0 radical (unpaired) electrons. The fourth-order valence-electron chi connectivity index (χ4n) is 1.56. The quantitative estimate of drug-likeness (QED) is 0.784. The first-order valence-corrected chi connectivity index (χ1v) is 5.71. The van der Waals surface area contributed by atoms with Gasteiger partial charge in [-0.3, -0.25) is 9.78 Å². The van der Waals surface area contributed by atoms with Gasteiger partial charge in [-0.15, -0.1) is 0 Å². The van der Waals surface area contributed by atoms with Gasteiger partial charge in [-0.05, 0) is 19.1 Å². The second-order valence-electron chi connectivity index (χ2n) is 4.08. The molecule has 1 aromatic heterocycles. The highest BCUT2D eigenvalue weighted by Gasteiger charge is 2.13. The van der Waals surface area contributed by atoms with Crippen molar-refractivity contribution < 1.29 is 14.7 Å². The molecule has 98 valence electrons. The third-order valence-corrected chi connectivity index (χ3v) is 2.57. The normalized spacial score (nSPS) is 11.8. The number of urea groups is 1. The molecule has 1 atom stereocenters. The van der Waals surface area contributed by atoms with Crippen molar-refractivity contribution >= 4 is 28.6 Å². The van der Waals surface area contributed by atoms with E-state index in [1.165, 1.54) is 13.1 Å². The lowest BCUT2D eigenvalue weighted by molar-refractivity contribution is -0.138. The zero-order valence-electron chi connectivity index (χ0n) is 10.3. The predicted molar refractivity (Wildman–Crippen MR) is 71.0 cm³/mol. The van der Waals surface area contributed by atoms with Crippen LogP contribution in [0, 0.1) is 0 Å². The van der Waals surface area contributed by atoms with Gasteiger partial charge in [0.15, 0.2) is 0 Å². The van der Waals surface area contributed by atoms with Gasteiger partial charge < -0.3 is 15.7 Å². The summed E-state index contributed by atoms with van der Waals surface area (Å²) < 4.78 is 0. The number of pyridine rings is 1. The van der Waals surface area contributed by atoms with Crippen LogP contribution in [0.25, 0.3) is 10.9 Å². The number of aliphatic carboxylic acids is 1. The summed E-state index contributed by atoms with van der Waals surface area (Å²) in [5.74, 6) is -1.09. The molecule has 0 saturated carbocycles. The summed E-state index contributed by atoms with van der Waals surface area (Å²) in [6.45, 7) is 1.39. The van der Waals surface area contributed by atoms with E-state index in [4.69, 9.17) is 5.11 Å². The average Bonchev–Trinajstić information content (AvgIpc) is 2.38. The van der Waals surface area contributed by atoms with Crippen molar-refractivity contribution in [3.63, 3.8) is 0 Å². The Morgan fingerprint density at radius 2 is 2.05 bits per heavy atom. The molecule has 0 unspecified atom stereocenters. The molecule has 0 aliphatic heterocycles. The number of carboxylic acid groups (broad SMARTS) is 1. The summed E-state index contributed by atoms with van der Waals surface area (Å²) in [4.78, 5) is 26.3. The second kappa shape index (κ2) is 5.34. The Hall–Kier alpha value is -2.63. The summed E-state index contributed by atoms with van der Waals surface area (Å²) in [5, 5.41) is 14.4. The molecule has 1 heterocycles. The maximum Gasteiger partial charge on any atom is 0.325 e. The Morgan fingerprint density at radius 1 is 1.32 bits per heavy atom. The van der Waals surface area contributed by atoms with Gasteiger partial charge in [-0.2, -0.15) is 0 Å². The molecule has 6 nitrogen and oxygen atoms in total. The molecule has 0 fully saturated rings. The largest absolute Gasteiger partial charge is 0.480 e. The van der Waals surface area contributed by atoms with Crippen molar-refractivity contribution in [2.75, 3.05) is 5.32 Å². The third kappa shape index (κ3) is 3.19. The minimum absolute atomic E-state index is 0.508.